The van der Waals surface area contributed by atoms with Gasteiger partial charge < -0.3 is 19.9 Å². The van der Waals surface area contributed by atoms with Crippen LogP contribution >= 0.6 is 0 Å². The predicted octanol–water partition coefficient (Wildman–Crippen LogP) is 3.55. The molecule has 8 nitrogen and oxygen atoms in total. The van der Waals surface area contributed by atoms with Gasteiger partial charge in [0.1, 0.15) is 17.5 Å². The van der Waals surface area contributed by atoms with Crippen molar-refractivity contribution in [2.75, 3.05) is 27.2 Å². The van der Waals surface area contributed by atoms with E-state index < -0.39 is 0 Å². The number of benzene rings is 2. The Labute approximate surface area is 236 Å². The predicted molar refractivity (Wildman–Crippen MR) is 155 cm³/mol. The van der Waals surface area contributed by atoms with Gasteiger partial charge in [0.15, 0.2) is 0 Å². The van der Waals surface area contributed by atoms with Gasteiger partial charge in [0.05, 0.1) is 0 Å². The molecule has 8 heteroatoms. The lowest BCUT2D eigenvalue weighted by Crippen LogP contribution is -2.61. The second kappa shape index (κ2) is 11.5. The zero-order chi connectivity index (χ0) is 27.6. The fraction of sp³-hybridized carbons (Fsp3) is 0.438. The van der Waals surface area contributed by atoms with Crippen molar-refractivity contribution < 1.29 is 14.3 Å². The highest BCUT2D eigenvalue weighted by molar-refractivity contribution is 5.89. The van der Waals surface area contributed by atoms with E-state index in [1.165, 1.54) is 5.57 Å². The van der Waals surface area contributed by atoms with Crippen molar-refractivity contribution in [2.24, 2.45) is 17.8 Å². The molecule has 1 saturated heterocycles. The van der Waals surface area contributed by atoms with Gasteiger partial charge in [-0.1, -0.05) is 36.4 Å². The molecule has 2 bridgehead atoms. The highest BCUT2D eigenvalue weighted by atomic mass is 16.5. The van der Waals surface area contributed by atoms with Crippen molar-refractivity contribution in [1.82, 2.24) is 26.0 Å². The number of likely N-dealkylation sites (N-methyl/N-ethyl adjacent to an activating group) is 1. The van der Waals surface area contributed by atoms with Crippen LogP contribution in [0.15, 0.2) is 72.9 Å². The Bertz CT molecular complexity index is 1260. The van der Waals surface area contributed by atoms with Crippen LogP contribution in [0.25, 0.3) is 5.57 Å². The first-order valence-electron chi connectivity index (χ1n) is 14.4. The smallest absolute Gasteiger partial charge is 0.257 e. The maximum atomic E-state index is 13.2. The molecule has 0 radical (unpaired) electrons. The lowest BCUT2D eigenvalue weighted by molar-refractivity contribution is -0.130. The Morgan fingerprint density at radius 3 is 2.45 bits per heavy atom. The number of para-hydroxylation sites is 1. The number of nitrogens with zero attached hydrogens (tertiary/aromatic N) is 2. The van der Waals surface area contributed by atoms with Gasteiger partial charge in [0, 0.05) is 43.4 Å². The molecule has 210 valence electrons. The van der Waals surface area contributed by atoms with Gasteiger partial charge in [-0.15, -0.1) is 0 Å². The minimum absolute atomic E-state index is 0.00282. The molecule has 2 aliphatic carbocycles. The van der Waals surface area contributed by atoms with Crippen LogP contribution in [-0.4, -0.2) is 66.9 Å². The van der Waals surface area contributed by atoms with Crippen molar-refractivity contribution >= 4 is 17.4 Å². The first kappa shape index (κ1) is 26.6. The highest BCUT2D eigenvalue weighted by Gasteiger charge is 2.50. The third-order valence-electron chi connectivity index (χ3n) is 8.90. The van der Waals surface area contributed by atoms with E-state index in [9.17, 15) is 9.59 Å². The van der Waals surface area contributed by atoms with Crippen LogP contribution in [0, 0.1) is 17.8 Å². The van der Waals surface area contributed by atoms with E-state index in [1.54, 1.807) is 6.08 Å². The van der Waals surface area contributed by atoms with Crippen molar-refractivity contribution in [3.05, 3.63) is 78.5 Å². The molecule has 2 saturated carbocycles. The third kappa shape index (κ3) is 5.51. The standard InChI is InChI=1S/C32H39N5O3/c1-36(2)16-6-9-29(38)34-30-22-10-11-23(30)18-24(17-22)37-20-28(27-19-33-35-32(39)31(27)37)21-12-14-26(15-13-21)40-25-7-4-3-5-8-25/h3-9,12-15,20,22-24,27,30-31,33H,10-11,16-19H2,1-2H3,(H,34,38)(H,35,39)/b9-6+. The molecule has 3 N–H and O–H groups in total. The van der Waals surface area contributed by atoms with Crippen LogP contribution in [-0.2, 0) is 9.59 Å². The molecule has 2 aliphatic heterocycles. The summed E-state index contributed by atoms with van der Waals surface area (Å²) in [5.41, 5.74) is 8.29. The molecule has 2 amide bonds. The molecule has 2 aromatic carbocycles. The topological polar surface area (TPSA) is 85.9 Å². The number of carbonyl (C=O) groups excluding carboxylic acids is 2. The maximum absolute atomic E-state index is 13.2. The molecule has 0 spiro atoms. The molecule has 40 heavy (non-hydrogen) atoms. The minimum Gasteiger partial charge on any atom is -0.457 e. The molecule has 4 unspecified atom stereocenters. The molecule has 4 aliphatic rings. The number of hydrazine groups is 1. The second-order valence-corrected chi connectivity index (χ2v) is 11.8. The Hall–Kier alpha value is -3.62. The van der Waals surface area contributed by atoms with Crippen LogP contribution in [0.4, 0.5) is 0 Å². The molecule has 4 atom stereocenters. The van der Waals surface area contributed by atoms with Crippen molar-refractivity contribution in [1.29, 1.82) is 0 Å². The van der Waals surface area contributed by atoms with Gasteiger partial charge in [-0.25, -0.2) is 5.43 Å². The van der Waals surface area contributed by atoms with E-state index in [0.717, 1.165) is 49.3 Å². The molecular formula is C32H39N5O3. The summed E-state index contributed by atoms with van der Waals surface area (Å²) >= 11 is 0. The third-order valence-corrected chi connectivity index (χ3v) is 8.90. The van der Waals surface area contributed by atoms with Gasteiger partial charge in [-0.05, 0) is 87.0 Å². The zero-order valence-electron chi connectivity index (χ0n) is 23.3. The van der Waals surface area contributed by atoms with Crippen molar-refractivity contribution in [3.8, 4) is 11.5 Å². The molecule has 2 heterocycles. The summed E-state index contributed by atoms with van der Waals surface area (Å²) in [5.74, 6) is 2.57. The number of amides is 2. The maximum Gasteiger partial charge on any atom is 0.257 e. The summed E-state index contributed by atoms with van der Waals surface area (Å²) in [6, 6.07) is 18.2. The molecule has 6 rings (SSSR count). The summed E-state index contributed by atoms with van der Waals surface area (Å²) < 4.78 is 5.99. The Kier molecular flexibility index (Phi) is 7.63. The van der Waals surface area contributed by atoms with Crippen LogP contribution in [0.2, 0.25) is 0 Å². The Morgan fingerprint density at radius 2 is 1.75 bits per heavy atom. The summed E-state index contributed by atoms with van der Waals surface area (Å²) in [4.78, 5) is 30.1. The van der Waals surface area contributed by atoms with E-state index in [4.69, 9.17) is 4.74 Å². The highest BCUT2D eigenvalue weighted by Crippen LogP contribution is 2.47. The molecule has 0 aromatic heterocycles. The van der Waals surface area contributed by atoms with Crippen molar-refractivity contribution in [3.63, 3.8) is 0 Å². The van der Waals surface area contributed by atoms with Gasteiger partial charge >= 0.3 is 0 Å². The van der Waals surface area contributed by atoms with E-state index in [2.05, 4.69) is 39.4 Å². The van der Waals surface area contributed by atoms with Gasteiger partial charge in [-0.2, -0.15) is 0 Å². The fourth-order valence-electron chi connectivity index (χ4n) is 7.10. The zero-order valence-corrected chi connectivity index (χ0v) is 23.3. The van der Waals surface area contributed by atoms with Gasteiger partial charge in [0.2, 0.25) is 5.91 Å². The average molecular weight is 542 g/mol. The average Bonchev–Trinajstić information content (AvgIpc) is 3.43. The fourth-order valence-corrected chi connectivity index (χ4v) is 7.10. The van der Waals surface area contributed by atoms with Gasteiger partial charge in [0.25, 0.3) is 5.91 Å². The molecule has 2 aromatic rings. The van der Waals surface area contributed by atoms with E-state index in [1.807, 2.05) is 67.5 Å². The van der Waals surface area contributed by atoms with Gasteiger partial charge in [-0.3, -0.25) is 15.0 Å². The number of ether oxygens (including phenoxy) is 1. The largest absolute Gasteiger partial charge is 0.457 e. The lowest BCUT2D eigenvalue weighted by Gasteiger charge is -2.43. The van der Waals surface area contributed by atoms with Crippen molar-refractivity contribution in [2.45, 2.75) is 43.8 Å². The van der Waals surface area contributed by atoms with Crippen LogP contribution < -0.4 is 20.9 Å². The first-order chi connectivity index (χ1) is 19.5. The summed E-state index contributed by atoms with van der Waals surface area (Å²) in [7, 11) is 3.98. The number of fused-ring (bicyclic) bond motifs is 3. The lowest BCUT2D eigenvalue weighted by atomic mass is 9.79. The Balaban J connectivity index is 1.17. The van der Waals surface area contributed by atoms with E-state index in [-0.39, 0.29) is 35.9 Å². The summed E-state index contributed by atoms with van der Waals surface area (Å²) in [6.45, 7) is 1.44. The minimum atomic E-state index is -0.221. The normalized spacial score (nSPS) is 29.3. The number of hydrogen-bond acceptors (Lipinski definition) is 6. The SMILES string of the molecule is CN(C)C/C=C/C(=O)NC1C2CCC1CC(N1C=C(c3ccc(Oc4ccccc4)cc3)C3CNNC(=O)C31)C2. The summed E-state index contributed by atoms with van der Waals surface area (Å²) in [6.07, 6.45) is 10.0. The second-order valence-electron chi connectivity index (χ2n) is 11.8. The number of nitrogens with one attached hydrogen (secondary N) is 3. The quantitative estimate of drug-likeness (QED) is 0.444. The van der Waals surface area contributed by atoms with E-state index >= 15 is 0 Å². The number of carbonyl (C=O) groups is 2. The monoisotopic (exact) mass is 541 g/mol. The van der Waals surface area contributed by atoms with Crippen LogP contribution in [0.5, 0.6) is 11.5 Å². The summed E-state index contributed by atoms with van der Waals surface area (Å²) in [5, 5.41) is 3.31. The van der Waals surface area contributed by atoms with Crippen LogP contribution in [0.1, 0.15) is 31.2 Å². The first-order valence-corrected chi connectivity index (χ1v) is 14.4. The number of hydrogen-bond donors (Lipinski definition) is 3. The molecular weight excluding hydrogens is 502 g/mol. The molecule has 3 fully saturated rings. The number of rotatable bonds is 8. The van der Waals surface area contributed by atoms with Crippen LogP contribution in [0.3, 0.4) is 0 Å². The Morgan fingerprint density at radius 1 is 1.05 bits per heavy atom. The van der Waals surface area contributed by atoms with E-state index in [0.29, 0.717) is 18.4 Å².